The van der Waals surface area contributed by atoms with E-state index in [1.165, 1.54) is 10.4 Å². The van der Waals surface area contributed by atoms with Crippen molar-refractivity contribution in [3.63, 3.8) is 0 Å². The van der Waals surface area contributed by atoms with E-state index < -0.39 is 11.5 Å². The molecule has 5 heteroatoms. The maximum absolute atomic E-state index is 12.3. The van der Waals surface area contributed by atoms with Gasteiger partial charge in [0, 0.05) is 16.7 Å². The summed E-state index contributed by atoms with van der Waals surface area (Å²) in [6.45, 7) is 2.06. The molecule has 2 aliphatic rings. The Morgan fingerprint density at radius 3 is 2.65 bits per heavy atom. The second-order valence-corrected chi connectivity index (χ2v) is 6.95. The first kappa shape index (κ1) is 13.6. The smallest absolute Gasteiger partial charge is 0.329 e. The van der Waals surface area contributed by atoms with Gasteiger partial charge in [0.1, 0.15) is 5.54 Å². The molecule has 1 amide bonds. The first-order chi connectivity index (χ1) is 9.53. The lowest BCUT2D eigenvalue weighted by atomic mass is 9.97. The second-order valence-electron chi connectivity index (χ2n) is 6.00. The Morgan fingerprint density at radius 2 is 2.10 bits per heavy atom. The topological polar surface area (TPSA) is 66.4 Å². The van der Waals surface area contributed by atoms with Crippen molar-refractivity contribution < 1.29 is 14.7 Å². The molecule has 2 fully saturated rings. The number of aliphatic carboxylic acids is 1. The number of carbonyl (C=O) groups excluding carboxylic acids is 1. The van der Waals surface area contributed by atoms with Crippen molar-refractivity contribution in [2.75, 3.05) is 0 Å². The minimum absolute atomic E-state index is 0.0378. The normalized spacial score (nSPS) is 27.2. The standard InChI is InChI=1S/C15H19NO3S/c1-9-4-7-20-12(9)10-8-11(10)13(17)16-15(14(18)19)5-2-3-6-15/h4,7,10-11H,2-3,5-6,8H2,1H3,(H,16,17)(H,18,19). The monoisotopic (exact) mass is 293 g/mol. The number of carboxylic acid groups (broad SMARTS) is 1. The van der Waals surface area contributed by atoms with E-state index in [2.05, 4.69) is 18.3 Å². The van der Waals surface area contributed by atoms with E-state index in [9.17, 15) is 14.7 Å². The lowest BCUT2D eigenvalue weighted by molar-refractivity contribution is -0.147. The molecule has 4 nitrogen and oxygen atoms in total. The summed E-state index contributed by atoms with van der Waals surface area (Å²) < 4.78 is 0. The van der Waals surface area contributed by atoms with Crippen LogP contribution in [-0.2, 0) is 9.59 Å². The van der Waals surface area contributed by atoms with Crippen molar-refractivity contribution in [2.45, 2.75) is 50.5 Å². The Hall–Kier alpha value is -1.36. The number of amides is 1. The van der Waals surface area contributed by atoms with Crippen molar-refractivity contribution in [1.82, 2.24) is 5.32 Å². The molecular formula is C15H19NO3S. The van der Waals surface area contributed by atoms with Gasteiger partial charge in [0.15, 0.2) is 0 Å². The van der Waals surface area contributed by atoms with Crippen LogP contribution in [0.25, 0.3) is 0 Å². The minimum Gasteiger partial charge on any atom is -0.480 e. The first-order valence-corrected chi connectivity index (χ1v) is 8.01. The molecule has 0 aliphatic heterocycles. The van der Waals surface area contributed by atoms with Gasteiger partial charge in [0.05, 0.1) is 0 Å². The van der Waals surface area contributed by atoms with Crippen LogP contribution in [0, 0.1) is 12.8 Å². The van der Waals surface area contributed by atoms with Crippen molar-refractivity contribution in [2.24, 2.45) is 5.92 Å². The Labute approximate surface area is 122 Å². The Balaban J connectivity index is 1.67. The summed E-state index contributed by atoms with van der Waals surface area (Å²) >= 11 is 1.69. The van der Waals surface area contributed by atoms with Crippen molar-refractivity contribution in [1.29, 1.82) is 0 Å². The number of hydrogen-bond donors (Lipinski definition) is 2. The molecule has 2 aliphatic carbocycles. The summed E-state index contributed by atoms with van der Waals surface area (Å²) in [6, 6.07) is 2.07. The number of carboxylic acids is 1. The van der Waals surface area contributed by atoms with Crippen LogP contribution in [0.4, 0.5) is 0 Å². The van der Waals surface area contributed by atoms with Crippen LogP contribution < -0.4 is 5.32 Å². The molecule has 20 heavy (non-hydrogen) atoms. The van der Waals surface area contributed by atoms with Crippen molar-refractivity contribution >= 4 is 23.2 Å². The second kappa shape index (κ2) is 4.88. The highest BCUT2D eigenvalue weighted by Gasteiger charge is 2.50. The van der Waals surface area contributed by atoms with E-state index in [4.69, 9.17) is 0 Å². The maximum Gasteiger partial charge on any atom is 0.329 e. The fraction of sp³-hybridized carbons (Fsp3) is 0.600. The summed E-state index contributed by atoms with van der Waals surface area (Å²) in [4.78, 5) is 25.1. The van der Waals surface area contributed by atoms with Gasteiger partial charge in [0.2, 0.25) is 5.91 Å². The molecule has 0 spiro atoms. The average molecular weight is 293 g/mol. The van der Waals surface area contributed by atoms with Crippen molar-refractivity contribution in [3.05, 3.63) is 21.9 Å². The van der Waals surface area contributed by atoms with E-state index in [1.54, 1.807) is 11.3 Å². The molecule has 0 radical (unpaired) electrons. The first-order valence-electron chi connectivity index (χ1n) is 7.13. The molecule has 0 aromatic carbocycles. The molecule has 1 aromatic heterocycles. The minimum atomic E-state index is -1.01. The van der Waals surface area contributed by atoms with Crippen LogP contribution in [0.2, 0.25) is 0 Å². The third-order valence-electron chi connectivity index (χ3n) is 4.59. The molecule has 2 unspecified atom stereocenters. The van der Waals surface area contributed by atoms with Crippen LogP contribution >= 0.6 is 11.3 Å². The Kier molecular flexibility index (Phi) is 3.32. The van der Waals surface area contributed by atoms with Gasteiger partial charge < -0.3 is 10.4 Å². The van der Waals surface area contributed by atoms with Crippen LogP contribution in [0.3, 0.4) is 0 Å². The summed E-state index contributed by atoms with van der Waals surface area (Å²) in [7, 11) is 0. The molecule has 2 N–H and O–H groups in total. The summed E-state index contributed by atoms with van der Waals surface area (Å²) in [5, 5.41) is 14.3. The number of carbonyl (C=O) groups is 2. The molecule has 2 atom stereocenters. The molecule has 3 rings (SSSR count). The van der Waals surface area contributed by atoms with Crippen LogP contribution in [0.1, 0.15) is 48.5 Å². The molecule has 2 saturated carbocycles. The van der Waals surface area contributed by atoms with Crippen LogP contribution in [0.15, 0.2) is 11.4 Å². The van der Waals surface area contributed by atoms with Gasteiger partial charge in [-0.05, 0) is 43.2 Å². The third kappa shape index (κ3) is 2.24. The summed E-state index contributed by atoms with van der Waals surface area (Å²) in [5.41, 5.74) is 0.235. The highest BCUT2D eigenvalue weighted by atomic mass is 32.1. The number of nitrogens with one attached hydrogen (secondary N) is 1. The SMILES string of the molecule is Cc1ccsc1C1CC1C(=O)NC1(C(=O)O)CCCC1. The van der Waals surface area contributed by atoms with E-state index in [-0.39, 0.29) is 11.8 Å². The van der Waals surface area contributed by atoms with Gasteiger partial charge in [0.25, 0.3) is 0 Å². The lowest BCUT2D eigenvalue weighted by Crippen LogP contribution is -2.53. The van der Waals surface area contributed by atoms with Gasteiger partial charge in [-0.1, -0.05) is 12.8 Å². The maximum atomic E-state index is 12.3. The van der Waals surface area contributed by atoms with Crippen molar-refractivity contribution in [3.8, 4) is 0 Å². The highest BCUT2D eigenvalue weighted by molar-refractivity contribution is 7.10. The zero-order chi connectivity index (χ0) is 14.3. The van der Waals surface area contributed by atoms with E-state index in [0.29, 0.717) is 18.8 Å². The zero-order valence-corrected chi connectivity index (χ0v) is 12.3. The van der Waals surface area contributed by atoms with E-state index in [0.717, 1.165) is 19.3 Å². The fourth-order valence-corrected chi connectivity index (χ4v) is 4.35. The molecule has 0 bridgehead atoms. The predicted molar refractivity (Wildman–Crippen MR) is 76.9 cm³/mol. The number of aryl methyl sites for hydroxylation is 1. The van der Waals surface area contributed by atoms with Gasteiger partial charge in [-0.25, -0.2) is 4.79 Å². The van der Waals surface area contributed by atoms with Gasteiger partial charge in [-0.3, -0.25) is 4.79 Å². The molecule has 108 valence electrons. The lowest BCUT2D eigenvalue weighted by Gasteiger charge is -2.25. The summed E-state index contributed by atoms with van der Waals surface area (Å²) in [6.07, 6.45) is 3.73. The predicted octanol–water partition coefficient (Wildman–Crippen LogP) is 2.67. The quantitative estimate of drug-likeness (QED) is 0.897. The number of hydrogen-bond acceptors (Lipinski definition) is 3. The number of thiophene rings is 1. The van der Waals surface area contributed by atoms with E-state index in [1.807, 2.05) is 5.38 Å². The van der Waals surface area contributed by atoms with Crippen LogP contribution in [-0.4, -0.2) is 22.5 Å². The molecule has 1 heterocycles. The van der Waals surface area contributed by atoms with Gasteiger partial charge in [-0.15, -0.1) is 11.3 Å². The average Bonchev–Trinajstić information content (AvgIpc) is 2.84. The molecular weight excluding hydrogens is 274 g/mol. The highest BCUT2D eigenvalue weighted by Crippen LogP contribution is 2.50. The molecule has 0 saturated heterocycles. The van der Waals surface area contributed by atoms with Gasteiger partial charge >= 0.3 is 5.97 Å². The molecule has 1 aromatic rings. The summed E-state index contributed by atoms with van der Waals surface area (Å²) in [5.74, 6) is -0.702. The van der Waals surface area contributed by atoms with Crippen LogP contribution in [0.5, 0.6) is 0 Å². The Morgan fingerprint density at radius 1 is 1.40 bits per heavy atom. The van der Waals surface area contributed by atoms with E-state index >= 15 is 0 Å². The number of rotatable bonds is 4. The largest absolute Gasteiger partial charge is 0.480 e. The zero-order valence-electron chi connectivity index (χ0n) is 11.5. The fourth-order valence-electron chi connectivity index (χ4n) is 3.24. The van der Waals surface area contributed by atoms with Gasteiger partial charge in [-0.2, -0.15) is 0 Å². The third-order valence-corrected chi connectivity index (χ3v) is 5.75. The Bertz CT molecular complexity index is 545.